The third kappa shape index (κ3) is 3.31. The summed E-state index contributed by atoms with van der Waals surface area (Å²) in [5.41, 5.74) is 1.00. The predicted octanol–water partition coefficient (Wildman–Crippen LogP) is 2.23. The van der Waals surface area contributed by atoms with Gasteiger partial charge in [-0.2, -0.15) is 5.10 Å². The maximum atomic E-state index is 5.52. The van der Waals surface area contributed by atoms with Gasteiger partial charge in [0, 0.05) is 11.0 Å². The fourth-order valence-electron chi connectivity index (χ4n) is 1.41. The molecule has 0 radical (unpaired) electrons. The van der Waals surface area contributed by atoms with Gasteiger partial charge in [0.1, 0.15) is 6.61 Å². The lowest BCUT2D eigenvalue weighted by molar-refractivity contribution is 0.318. The van der Waals surface area contributed by atoms with E-state index in [-0.39, 0.29) is 0 Å². The van der Waals surface area contributed by atoms with Gasteiger partial charge >= 0.3 is 0 Å². The minimum atomic E-state index is 0.640. The first-order chi connectivity index (χ1) is 8.29. The topological polar surface area (TPSA) is 39.1 Å². The van der Waals surface area contributed by atoms with Crippen LogP contribution in [-0.2, 0) is 0 Å². The lowest BCUT2D eigenvalue weighted by Gasteiger charge is -2.02. The molecule has 4 nitrogen and oxygen atoms in total. The Hall–Kier alpha value is -1.33. The molecule has 1 aromatic heterocycles. The average molecular weight is 296 g/mol. The number of halogens is 1. The third-order valence-electron chi connectivity index (χ3n) is 2.25. The van der Waals surface area contributed by atoms with Crippen LogP contribution in [0.4, 0.5) is 0 Å². The Morgan fingerprint density at radius 3 is 3.12 bits per heavy atom. The van der Waals surface area contributed by atoms with Crippen molar-refractivity contribution in [3.05, 3.63) is 41.1 Å². The van der Waals surface area contributed by atoms with Crippen LogP contribution < -0.4 is 10.1 Å². The van der Waals surface area contributed by atoms with Crippen LogP contribution in [0, 0.1) is 0 Å². The molecule has 1 N–H and O–H groups in total. The summed E-state index contributed by atoms with van der Waals surface area (Å²) in [6, 6.07) is 7.96. The summed E-state index contributed by atoms with van der Waals surface area (Å²) < 4.78 is 8.34. The van der Waals surface area contributed by atoms with Crippen molar-refractivity contribution < 1.29 is 4.74 Å². The molecule has 0 fully saturated rings. The van der Waals surface area contributed by atoms with Crippen LogP contribution >= 0.6 is 15.9 Å². The molecule has 0 atom stereocenters. The number of benzene rings is 1. The Kier molecular flexibility index (Phi) is 4.17. The van der Waals surface area contributed by atoms with Gasteiger partial charge in [0.05, 0.1) is 18.1 Å². The van der Waals surface area contributed by atoms with E-state index in [1.807, 2.05) is 37.5 Å². The molecule has 0 aliphatic carbocycles. The van der Waals surface area contributed by atoms with Gasteiger partial charge in [-0.25, -0.2) is 4.68 Å². The maximum Gasteiger partial charge on any atom is 0.157 e. The fraction of sp³-hybridized carbons (Fsp3) is 0.250. The Balaban J connectivity index is 2.07. The second kappa shape index (κ2) is 5.84. The van der Waals surface area contributed by atoms with Crippen molar-refractivity contribution in [2.24, 2.45) is 0 Å². The van der Waals surface area contributed by atoms with Crippen LogP contribution in [0.5, 0.6) is 5.75 Å². The van der Waals surface area contributed by atoms with Crippen molar-refractivity contribution in [1.82, 2.24) is 15.1 Å². The van der Waals surface area contributed by atoms with E-state index >= 15 is 0 Å². The summed E-state index contributed by atoms with van der Waals surface area (Å²) in [6.45, 7) is 1.46. The zero-order valence-corrected chi connectivity index (χ0v) is 11.1. The molecule has 0 saturated heterocycles. The summed E-state index contributed by atoms with van der Waals surface area (Å²) in [5.74, 6) is 0.778. The van der Waals surface area contributed by atoms with E-state index in [1.54, 1.807) is 10.9 Å². The average Bonchev–Trinajstić information content (AvgIpc) is 2.78. The van der Waals surface area contributed by atoms with Gasteiger partial charge in [0.25, 0.3) is 0 Å². The highest BCUT2D eigenvalue weighted by Gasteiger charge is 2.01. The van der Waals surface area contributed by atoms with Crippen molar-refractivity contribution in [2.45, 2.75) is 0 Å². The van der Waals surface area contributed by atoms with Crippen LogP contribution in [0.3, 0.4) is 0 Å². The molecule has 0 aliphatic heterocycles. The van der Waals surface area contributed by atoms with Gasteiger partial charge in [0.2, 0.25) is 0 Å². The molecule has 5 heteroatoms. The number of ether oxygens (including phenoxy) is 1. The smallest absolute Gasteiger partial charge is 0.157 e. The van der Waals surface area contributed by atoms with Crippen LogP contribution in [0.25, 0.3) is 5.69 Å². The molecule has 2 aromatic rings. The van der Waals surface area contributed by atoms with Crippen LogP contribution in [0.15, 0.2) is 41.1 Å². The standard InChI is InChI=1S/C12H14BrN3O/c1-14-5-6-17-12-8-15-16(9-12)11-4-2-3-10(13)7-11/h2-4,7-9,14H,5-6H2,1H3. The van der Waals surface area contributed by atoms with E-state index in [0.29, 0.717) is 6.61 Å². The van der Waals surface area contributed by atoms with E-state index in [1.165, 1.54) is 0 Å². The Bertz CT molecular complexity index is 484. The minimum absolute atomic E-state index is 0.640. The Labute approximate surface area is 109 Å². The number of nitrogens with zero attached hydrogens (tertiary/aromatic N) is 2. The van der Waals surface area contributed by atoms with E-state index in [9.17, 15) is 0 Å². The lowest BCUT2D eigenvalue weighted by atomic mass is 10.3. The normalized spacial score (nSPS) is 10.5. The summed E-state index contributed by atoms with van der Waals surface area (Å²) in [4.78, 5) is 0. The number of rotatable bonds is 5. The number of aromatic nitrogens is 2. The number of hydrogen-bond acceptors (Lipinski definition) is 3. The van der Waals surface area contributed by atoms with Crippen LogP contribution in [-0.4, -0.2) is 30.0 Å². The van der Waals surface area contributed by atoms with Crippen LogP contribution in [0.1, 0.15) is 0 Å². The van der Waals surface area contributed by atoms with Gasteiger partial charge in [0.15, 0.2) is 5.75 Å². The summed E-state index contributed by atoms with van der Waals surface area (Å²) >= 11 is 3.44. The number of nitrogens with one attached hydrogen (secondary N) is 1. The van der Waals surface area contributed by atoms with E-state index in [4.69, 9.17) is 4.74 Å². The molecule has 0 bridgehead atoms. The summed E-state index contributed by atoms with van der Waals surface area (Å²) in [7, 11) is 1.90. The van der Waals surface area contributed by atoms with Crippen LogP contribution in [0.2, 0.25) is 0 Å². The van der Waals surface area contributed by atoms with E-state index in [0.717, 1.165) is 22.5 Å². The van der Waals surface area contributed by atoms with Crippen molar-refractivity contribution >= 4 is 15.9 Å². The highest BCUT2D eigenvalue weighted by Crippen LogP contribution is 2.17. The second-order valence-corrected chi connectivity index (χ2v) is 4.47. The maximum absolute atomic E-state index is 5.52. The molecular formula is C12H14BrN3O. The monoisotopic (exact) mass is 295 g/mol. The quantitative estimate of drug-likeness (QED) is 0.860. The first-order valence-electron chi connectivity index (χ1n) is 5.37. The molecule has 1 heterocycles. The zero-order valence-electron chi connectivity index (χ0n) is 9.56. The summed E-state index contributed by atoms with van der Waals surface area (Å²) in [5, 5.41) is 7.28. The molecule has 1 aromatic carbocycles. The summed E-state index contributed by atoms with van der Waals surface area (Å²) in [6.07, 6.45) is 3.59. The SMILES string of the molecule is CNCCOc1cnn(-c2cccc(Br)c2)c1. The Morgan fingerprint density at radius 2 is 2.35 bits per heavy atom. The van der Waals surface area contributed by atoms with E-state index < -0.39 is 0 Å². The third-order valence-corrected chi connectivity index (χ3v) is 2.75. The minimum Gasteiger partial charge on any atom is -0.489 e. The van der Waals surface area contributed by atoms with Gasteiger partial charge in [-0.1, -0.05) is 22.0 Å². The predicted molar refractivity (Wildman–Crippen MR) is 70.7 cm³/mol. The molecule has 0 aliphatic rings. The van der Waals surface area contributed by atoms with Crippen molar-refractivity contribution in [3.63, 3.8) is 0 Å². The largest absolute Gasteiger partial charge is 0.489 e. The van der Waals surface area contributed by atoms with Crippen molar-refractivity contribution in [2.75, 3.05) is 20.2 Å². The molecule has 0 amide bonds. The molecular weight excluding hydrogens is 282 g/mol. The first-order valence-corrected chi connectivity index (χ1v) is 6.17. The number of likely N-dealkylation sites (N-methyl/N-ethyl adjacent to an activating group) is 1. The zero-order chi connectivity index (χ0) is 12.1. The van der Waals surface area contributed by atoms with Gasteiger partial charge in [-0.3, -0.25) is 0 Å². The second-order valence-electron chi connectivity index (χ2n) is 3.55. The molecule has 2 rings (SSSR count). The van der Waals surface area contributed by atoms with Gasteiger partial charge in [-0.15, -0.1) is 0 Å². The van der Waals surface area contributed by atoms with Crippen molar-refractivity contribution in [1.29, 1.82) is 0 Å². The van der Waals surface area contributed by atoms with E-state index in [2.05, 4.69) is 26.3 Å². The Morgan fingerprint density at radius 1 is 1.47 bits per heavy atom. The lowest BCUT2D eigenvalue weighted by Crippen LogP contribution is -2.15. The molecule has 0 spiro atoms. The first kappa shape index (κ1) is 12.1. The highest BCUT2D eigenvalue weighted by molar-refractivity contribution is 9.10. The molecule has 90 valence electrons. The van der Waals surface area contributed by atoms with Crippen molar-refractivity contribution in [3.8, 4) is 11.4 Å². The molecule has 0 saturated carbocycles. The fourth-order valence-corrected chi connectivity index (χ4v) is 1.80. The molecule has 17 heavy (non-hydrogen) atoms. The van der Waals surface area contributed by atoms with Gasteiger partial charge < -0.3 is 10.1 Å². The molecule has 0 unspecified atom stereocenters. The van der Waals surface area contributed by atoms with Gasteiger partial charge in [-0.05, 0) is 25.2 Å². The number of hydrogen-bond donors (Lipinski definition) is 1. The highest BCUT2D eigenvalue weighted by atomic mass is 79.9.